The van der Waals surface area contributed by atoms with Crippen molar-refractivity contribution < 1.29 is 23.9 Å². The summed E-state index contributed by atoms with van der Waals surface area (Å²) in [5.41, 5.74) is 1.33. The molecule has 1 aromatic rings. The summed E-state index contributed by atoms with van der Waals surface area (Å²) in [4.78, 5) is 46.9. The lowest BCUT2D eigenvalue weighted by Gasteiger charge is -2.13. The van der Waals surface area contributed by atoms with Crippen LogP contribution in [0.15, 0.2) is 29.2 Å². The summed E-state index contributed by atoms with van der Waals surface area (Å²) < 4.78 is 4.72. The monoisotopic (exact) mass is 393 g/mol. The van der Waals surface area contributed by atoms with Crippen LogP contribution in [0, 0.1) is 0 Å². The van der Waals surface area contributed by atoms with E-state index in [0.29, 0.717) is 11.4 Å². The van der Waals surface area contributed by atoms with Crippen molar-refractivity contribution in [3.8, 4) is 0 Å². The molecule has 0 aliphatic heterocycles. The Balaban J connectivity index is 1.55. The van der Waals surface area contributed by atoms with Gasteiger partial charge in [0.2, 0.25) is 0 Å². The Morgan fingerprint density at radius 1 is 1.15 bits per heavy atom. The number of urea groups is 1. The molecule has 1 heterocycles. The third kappa shape index (κ3) is 8.04. The van der Waals surface area contributed by atoms with Gasteiger partial charge in [0, 0.05) is 6.54 Å². The van der Waals surface area contributed by atoms with E-state index in [1.807, 2.05) is 0 Å². The fourth-order valence-electron chi connectivity index (χ4n) is 2.52. The van der Waals surface area contributed by atoms with Gasteiger partial charge in [-0.15, -0.1) is 11.3 Å². The molecule has 0 unspecified atom stereocenters. The maximum absolute atomic E-state index is 11.7. The summed E-state index contributed by atoms with van der Waals surface area (Å²) in [5.74, 6) is -1.89. The first-order chi connectivity index (χ1) is 13.0. The highest BCUT2D eigenvalue weighted by Gasteiger charge is 2.13. The molecule has 0 fully saturated rings. The van der Waals surface area contributed by atoms with Gasteiger partial charge in [-0.2, -0.15) is 0 Å². The molecule has 0 saturated heterocycles. The third-order valence-corrected chi connectivity index (χ3v) is 4.74. The number of ether oxygens (including phenoxy) is 1. The van der Waals surface area contributed by atoms with Crippen LogP contribution in [0.5, 0.6) is 0 Å². The van der Waals surface area contributed by atoms with Crippen molar-refractivity contribution in [3.05, 3.63) is 34.0 Å². The predicted octanol–water partition coefficient (Wildman–Crippen LogP) is 1.74. The SMILES string of the molecule is O=C(COC(=O)CNC(=O)c1cccs1)NC(=O)NCCC1=CCCCC1. The van der Waals surface area contributed by atoms with Crippen molar-refractivity contribution in [1.82, 2.24) is 16.0 Å². The van der Waals surface area contributed by atoms with E-state index in [1.54, 1.807) is 17.5 Å². The summed E-state index contributed by atoms with van der Waals surface area (Å²) in [6.45, 7) is -0.503. The zero-order chi connectivity index (χ0) is 19.5. The molecule has 27 heavy (non-hydrogen) atoms. The summed E-state index contributed by atoms with van der Waals surface area (Å²) in [7, 11) is 0. The minimum Gasteiger partial charge on any atom is -0.454 e. The van der Waals surface area contributed by atoms with E-state index < -0.39 is 24.5 Å². The van der Waals surface area contributed by atoms with Gasteiger partial charge in [-0.3, -0.25) is 19.7 Å². The van der Waals surface area contributed by atoms with Crippen LogP contribution in [0.4, 0.5) is 4.79 Å². The van der Waals surface area contributed by atoms with E-state index in [-0.39, 0.29) is 12.5 Å². The Bertz CT molecular complexity index is 700. The van der Waals surface area contributed by atoms with Crippen molar-refractivity contribution in [2.75, 3.05) is 19.7 Å². The summed E-state index contributed by atoms with van der Waals surface area (Å²) in [6, 6.07) is 2.72. The molecule has 9 heteroatoms. The van der Waals surface area contributed by atoms with Gasteiger partial charge in [0.1, 0.15) is 6.54 Å². The smallest absolute Gasteiger partial charge is 0.325 e. The second-order valence-corrected chi connectivity index (χ2v) is 6.93. The molecule has 2 rings (SSSR count). The molecule has 0 bridgehead atoms. The number of esters is 1. The van der Waals surface area contributed by atoms with Gasteiger partial charge in [0.05, 0.1) is 4.88 Å². The van der Waals surface area contributed by atoms with E-state index in [4.69, 9.17) is 4.74 Å². The van der Waals surface area contributed by atoms with Crippen LogP contribution in [-0.2, 0) is 14.3 Å². The molecule has 0 radical (unpaired) electrons. The maximum atomic E-state index is 11.7. The fourth-order valence-corrected chi connectivity index (χ4v) is 3.16. The molecule has 0 saturated carbocycles. The van der Waals surface area contributed by atoms with Crippen molar-refractivity contribution in [2.45, 2.75) is 32.1 Å². The largest absolute Gasteiger partial charge is 0.454 e. The lowest BCUT2D eigenvalue weighted by Crippen LogP contribution is -2.42. The molecular formula is C18H23N3O5S. The van der Waals surface area contributed by atoms with Gasteiger partial charge < -0.3 is 15.4 Å². The Morgan fingerprint density at radius 3 is 2.70 bits per heavy atom. The average molecular weight is 393 g/mol. The number of hydrogen-bond donors (Lipinski definition) is 3. The van der Waals surface area contributed by atoms with Gasteiger partial charge in [-0.25, -0.2) is 4.79 Å². The van der Waals surface area contributed by atoms with Crippen molar-refractivity contribution in [3.63, 3.8) is 0 Å². The number of allylic oxidation sites excluding steroid dienone is 1. The number of carbonyl (C=O) groups excluding carboxylic acids is 4. The highest BCUT2D eigenvalue weighted by molar-refractivity contribution is 7.12. The minimum atomic E-state index is -0.764. The molecule has 0 aromatic carbocycles. The van der Waals surface area contributed by atoms with Crippen LogP contribution in [-0.4, -0.2) is 43.5 Å². The van der Waals surface area contributed by atoms with Gasteiger partial charge in [-0.05, 0) is 43.6 Å². The Morgan fingerprint density at radius 2 is 2.00 bits per heavy atom. The lowest BCUT2D eigenvalue weighted by atomic mass is 9.97. The third-order valence-electron chi connectivity index (χ3n) is 3.87. The molecule has 0 atom stereocenters. The normalized spacial score (nSPS) is 13.3. The molecule has 1 aliphatic rings. The van der Waals surface area contributed by atoms with Gasteiger partial charge >= 0.3 is 12.0 Å². The second-order valence-electron chi connectivity index (χ2n) is 5.98. The van der Waals surface area contributed by atoms with Gasteiger partial charge in [0.25, 0.3) is 11.8 Å². The number of amides is 4. The number of hydrogen-bond acceptors (Lipinski definition) is 6. The number of carbonyl (C=O) groups is 4. The zero-order valence-electron chi connectivity index (χ0n) is 14.9. The quantitative estimate of drug-likeness (QED) is 0.460. The van der Waals surface area contributed by atoms with Gasteiger partial charge in [-0.1, -0.05) is 17.7 Å². The first-order valence-electron chi connectivity index (χ1n) is 8.77. The average Bonchev–Trinajstić information content (AvgIpc) is 3.20. The molecular weight excluding hydrogens is 370 g/mol. The summed E-state index contributed by atoms with van der Waals surface area (Å²) in [5, 5.41) is 8.82. The predicted molar refractivity (Wildman–Crippen MR) is 100 cm³/mol. The van der Waals surface area contributed by atoms with Crippen LogP contribution in [0.1, 0.15) is 41.8 Å². The van der Waals surface area contributed by atoms with Crippen LogP contribution < -0.4 is 16.0 Å². The number of thiophene rings is 1. The van der Waals surface area contributed by atoms with Crippen LogP contribution in [0.2, 0.25) is 0 Å². The molecule has 8 nitrogen and oxygen atoms in total. The molecule has 0 spiro atoms. The molecule has 1 aliphatic carbocycles. The zero-order valence-corrected chi connectivity index (χ0v) is 15.7. The van der Waals surface area contributed by atoms with Crippen LogP contribution >= 0.6 is 11.3 Å². The van der Waals surface area contributed by atoms with E-state index in [0.717, 1.165) is 19.3 Å². The van der Waals surface area contributed by atoms with E-state index in [1.165, 1.54) is 29.8 Å². The van der Waals surface area contributed by atoms with Gasteiger partial charge in [0.15, 0.2) is 6.61 Å². The standard InChI is InChI=1S/C18H23N3O5S/c22-15(21-18(25)19-9-8-13-5-2-1-3-6-13)12-26-16(23)11-20-17(24)14-7-4-10-27-14/h4-5,7,10H,1-3,6,8-9,11-12H2,(H,20,24)(H2,19,21,22,25). The Labute approximate surface area is 161 Å². The molecule has 1 aromatic heterocycles. The molecule has 3 N–H and O–H groups in total. The highest BCUT2D eigenvalue weighted by Crippen LogP contribution is 2.19. The van der Waals surface area contributed by atoms with E-state index in [9.17, 15) is 19.2 Å². The number of nitrogens with one attached hydrogen (secondary N) is 3. The minimum absolute atomic E-state index is 0.356. The topological polar surface area (TPSA) is 114 Å². The highest BCUT2D eigenvalue weighted by atomic mass is 32.1. The first-order valence-corrected chi connectivity index (χ1v) is 9.65. The lowest BCUT2D eigenvalue weighted by molar-refractivity contribution is -0.147. The van der Waals surface area contributed by atoms with E-state index >= 15 is 0 Å². The fraction of sp³-hybridized carbons (Fsp3) is 0.444. The van der Waals surface area contributed by atoms with Crippen molar-refractivity contribution in [2.24, 2.45) is 0 Å². The van der Waals surface area contributed by atoms with E-state index in [2.05, 4.69) is 22.0 Å². The number of imide groups is 1. The first kappa shape index (κ1) is 20.6. The van der Waals surface area contributed by atoms with Crippen LogP contribution in [0.3, 0.4) is 0 Å². The van der Waals surface area contributed by atoms with Crippen LogP contribution in [0.25, 0.3) is 0 Å². The maximum Gasteiger partial charge on any atom is 0.325 e. The summed E-state index contributed by atoms with van der Waals surface area (Å²) in [6.07, 6.45) is 7.49. The Hall–Kier alpha value is -2.68. The molecule has 146 valence electrons. The van der Waals surface area contributed by atoms with Crippen molar-refractivity contribution >= 4 is 35.2 Å². The number of rotatable bonds is 8. The van der Waals surface area contributed by atoms with Crippen molar-refractivity contribution in [1.29, 1.82) is 0 Å². The Kier molecular flexibility index (Phi) is 8.50. The second kappa shape index (κ2) is 11.1. The summed E-state index contributed by atoms with van der Waals surface area (Å²) >= 11 is 1.25. The molecule has 4 amide bonds.